The summed E-state index contributed by atoms with van der Waals surface area (Å²) in [5.41, 5.74) is -0.0160. The van der Waals surface area contributed by atoms with Crippen molar-refractivity contribution in [2.24, 2.45) is 0 Å². The zero-order valence-electron chi connectivity index (χ0n) is 12.9. The molecule has 3 aromatic rings. The van der Waals surface area contributed by atoms with Gasteiger partial charge >= 0.3 is 6.18 Å². The highest BCUT2D eigenvalue weighted by Gasteiger charge is 2.40. The number of halogens is 3. The van der Waals surface area contributed by atoms with E-state index in [1.54, 1.807) is 16.8 Å². The summed E-state index contributed by atoms with van der Waals surface area (Å²) >= 11 is 1.34. The standard InChI is InChI=1S/C15H12F3N5OS/c1-9(15(16,17)18)11-3-2-5-19-12(11)13(24)23(10-4-6-25-7-10)14-20-8-21-22-14/h2-9H,1H3,(H,20,21,22). The van der Waals surface area contributed by atoms with Crippen LogP contribution in [0.15, 0.2) is 41.5 Å². The lowest BCUT2D eigenvalue weighted by molar-refractivity contribution is -0.146. The third-order valence-corrected chi connectivity index (χ3v) is 4.25. The maximum atomic E-state index is 13.1. The van der Waals surface area contributed by atoms with Crippen LogP contribution < -0.4 is 4.90 Å². The third-order valence-electron chi connectivity index (χ3n) is 3.58. The van der Waals surface area contributed by atoms with Crippen LogP contribution in [-0.4, -0.2) is 32.2 Å². The first-order chi connectivity index (χ1) is 11.9. The van der Waals surface area contributed by atoms with Gasteiger partial charge in [0.2, 0.25) is 5.95 Å². The fourth-order valence-corrected chi connectivity index (χ4v) is 2.88. The molecule has 0 spiro atoms. The molecule has 0 radical (unpaired) electrons. The molecule has 25 heavy (non-hydrogen) atoms. The van der Waals surface area contributed by atoms with Crippen LogP contribution in [0.5, 0.6) is 0 Å². The first-order valence-corrected chi connectivity index (χ1v) is 8.07. The minimum Gasteiger partial charge on any atom is -0.266 e. The van der Waals surface area contributed by atoms with E-state index < -0.39 is 18.0 Å². The van der Waals surface area contributed by atoms with Gasteiger partial charge in [0.05, 0.1) is 11.6 Å². The van der Waals surface area contributed by atoms with E-state index in [-0.39, 0.29) is 17.2 Å². The van der Waals surface area contributed by atoms with Crippen molar-refractivity contribution in [3.05, 3.63) is 52.7 Å². The molecule has 0 aromatic carbocycles. The van der Waals surface area contributed by atoms with Crippen LogP contribution in [0.1, 0.15) is 28.9 Å². The molecule has 0 saturated heterocycles. The van der Waals surface area contributed by atoms with Gasteiger partial charge in [0.15, 0.2) is 0 Å². The van der Waals surface area contributed by atoms with Crippen molar-refractivity contribution in [2.45, 2.75) is 19.0 Å². The maximum Gasteiger partial charge on any atom is 0.395 e. The molecule has 3 heterocycles. The number of rotatable bonds is 4. The van der Waals surface area contributed by atoms with Gasteiger partial charge in [0.25, 0.3) is 5.91 Å². The van der Waals surface area contributed by atoms with Crippen LogP contribution >= 0.6 is 11.3 Å². The van der Waals surface area contributed by atoms with Crippen molar-refractivity contribution in [3.8, 4) is 0 Å². The number of amides is 1. The van der Waals surface area contributed by atoms with Gasteiger partial charge in [-0.25, -0.2) is 10.00 Å². The summed E-state index contributed by atoms with van der Waals surface area (Å²) in [6.07, 6.45) is -2.00. The number of anilines is 2. The van der Waals surface area contributed by atoms with Gasteiger partial charge in [-0.1, -0.05) is 6.07 Å². The lowest BCUT2D eigenvalue weighted by Gasteiger charge is -2.22. The molecule has 0 fully saturated rings. The number of H-pyrrole nitrogens is 1. The van der Waals surface area contributed by atoms with Crippen molar-refractivity contribution in [1.29, 1.82) is 0 Å². The van der Waals surface area contributed by atoms with E-state index in [1.165, 1.54) is 36.0 Å². The minimum absolute atomic E-state index is 0.0969. The number of alkyl halides is 3. The molecule has 10 heteroatoms. The largest absolute Gasteiger partial charge is 0.395 e. The number of carbonyl (C=O) groups is 1. The minimum atomic E-state index is -4.49. The summed E-state index contributed by atoms with van der Waals surface area (Å²) in [5.74, 6) is -2.46. The monoisotopic (exact) mass is 367 g/mol. The Morgan fingerprint density at radius 3 is 2.72 bits per heavy atom. The number of carbonyl (C=O) groups excluding carboxylic acids is 1. The van der Waals surface area contributed by atoms with Gasteiger partial charge in [-0.05, 0) is 30.0 Å². The van der Waals surface area contributed by atoms with Crippen molar-refractivity contribution in [2.75, 3.05) is 4.90 Å². The van der Waals surface area contributed by atoms with E-state index in [9.17, 15) is 18.0 Å². The SMILES string of the molecule is CC(c1cccnc1C(=O)N(c1ccsc1)c1ncn[nH]1)C(F)(F)F. The molecule has 3 rings (SSSR count). The molecule has 0 bridgehead atoms. The normalized spacial score (nSPS) is 12.8. The fraction of sp³-hybridized carbons (Fsp3) is 0.200. The fourth-order valence-electron chi connectivity index (χ4n) is 2.26. The van der Waals surface area contributed by atoms with Crippen LogP contribution in [0.3, 0.4) is 0 Å². The predicted molar refractivity (Wildman–Crippen MR) is 85.9 cm³/mol. The second-order valence-electron chi connectivity index (χ2n) is 5.14. The number of hydrogen-bond donors (Lipinski definition) is 1. The highest BCUT2D eigenvalue weighted by molar-refractivity contribution is 7.08. The molecular formula is C15H12F3N5OS. The molecule has 1 amide bonds. The van der Waals surface area contributed by atoms with E-state index >= 15 is 0 Å². The zero-order chi connectivity index (χ0) is 18.0. The van der Waals surface area contributed by atoms with Crippen molar-refractivity contribution in [1.82, 2.24) is 20.2 Å². The molecular weight excluding hydrogens is 355 g/mol. The number of aromatic nitrogens is 4. The van der Waals surface area contributed by atoms with Gasteiger partial charge in [0.1, 0.15) is 12.0 Å². The quantitative estimate of drug-likeness (QED) is 0.759. The molecule has 0 aliphatic heterocycles. The first kappa shape index (κ1) is 17.1. The van der Waals surface area contributed by atoms with Gasteiger partial charge < -0.3 is 0 Å². The van der Waals surface area contributed by atoms with Crippen LogP contribution in [0.25, 0.3) is 0 Å². The molecule has 6 nitrogen and oxygen atoms in total. The average Bonchev–Trinajstić information content (AvgIpc) is 3.28. The summed E-state index contributed by atoms with van der Waals surface area (Å²) in [5, 5.41) is 9.67. The van der Waals surface area contributed by atoms with Crippen LogP contribution in [0.2, 0.25) is 0 Å². The lowest BCUT2D eigenvalue weighted by Crippen LogP contribution is -2.30. The Kier molecular flexibility index (Phi) is 4.53. The van der Waals surface area contributed by atoms with Crippen LogP contribution in [0, 0.1) is 0 Å². The van der Waals surface area contributed by atoms with E-state index in [0.29, 0.717) is 5.69 Å². The molecule has 3 aromatic heterocycles. The topological polar surface area (TPSA) is 74.8 Å². The zero-order valence-corrected chi connectivity index (χ0v) is 13.7. The first-order valence-electron chi connectivity index (χ1n) is 7.13. The van der Waals surface area contributed by atoms with Crippen molar-refractivity contribution < 1.29 is 18.0 Å². The lowest BCUT2D eigenvalue weighted by atomic mass is 9.98. The Morgan fingerprint density at radius 1 is 1.32 bits per heavy atom. The number of hydrogen-bond acceptors (Lipinski definition) is 5. The van der Waals surface area contributed by atoms with Gasteiger partial charge in [-0.2, -0.15) is 34.6 Å². The Hall–Kier alpha value is -2.75. The molecule has 130 valence electrons. The van der Waals surface area contributed by atoms with Gasteiger partial charge in [-0.15, -0.1) is 0 Å². The van der Waals surface area contributed by atoms with Crippen molar-refractivity contribution >= 4 is 28.9 Å². The summed E-state index contributed by atoms with van der Waals surface area (Å²) in [7, 11) is 0. The van der Waals surface area contributed by atoms with E-state index in [4.69, 9.17) is 0 Å². The van der Waals surface area contributed by atoms with Crippen molar-refractivity contribution in [3.63, 3.8) is 0 Å². The van der Waals surface area contributed by atoms with Gasteiger partial charge in [0, 0.05) is 11.6 Å². The second-order valence-corrected chi connectivity index (χ2v) is 5.92. The second kappa shape index (κ2) is 6.63. The highest BCUT2D eigenvalue weighted by Crippen LogP contribution is 2.36. The number of aromatic amines is 1. The predicted octanol–water partition coefficient (Wildman–Crippen LogP) is 3.91. The Morgan fingerprint density at radius 2 is 2.12 bits per heavy atom. The number of pyridine rings is 1. The molecule has 0 saturated carbocycles. The molecule has 1 N–H and O–H groups in total. The summed E-state index contributed by atoms with van der Waals surface area (Å²) in [6.45, 7) is 0.997. The average molecular weight is 367 g/mol. The molecule has 0 aliphatic rings. The van der Waals surface area contributed by atoms with Crippen LogP contribution in [0.4, 0.5) is 24.8 Å². The molecule has 0 aliphatic carbocycles. The summed E-state index contributed by atoms with van der Waals surface area (Å²) in [6, 6.07) is 4.28. The van der Waals surface area contributed by atoms with E-state index in [0.717, 1.165) is 11.8 Å². The van der Waals surface area contributed by atoms with E-state index in [2.05, 4.69) is 20.2 Å². The Labute approximate surface area is 144 Å². The highest BCUT2D eigenvalue weighted by atomic mass is 32.1. The summed E-state index contributed by atoms with van der Waals surface area (Å²) in [4.78, 5) is 22.0. The van der Waals surface area contributed by atoms with Crippen LogP contribution in [-0.2, 0) is 0 Å². The molecule has 1 unspecified atom stereocenters. The van der Waals surface area contributed by atoms with Gasteiger partial charge in [-0.3, -0.25) is 9.78 Å². The maximum absolute atomic E-state index is 13.1. The number of thiophene rings is 1. The molecule has 1 atom stereocenters. The summed E-state index contributed by atoms with van der Waals surface area (Å²) < 4.78 is 39.4. The smallest absolute Gasteiger partial charge is 0.266 e. The Balaban J connectivity index is 2.08. The number of nitrogens with zero attached hydrogens (tertiary/aromatic N) is 4. The Bertz CT molecular complexity index is 814. The van der Waals surface area contributed by atoms with E-state index in [1.807, 2.05) is 0 Å². The number of nitrogens with one attached hydrogen (secondary N) is 1. The third kappa shape index (κ3) is 3.38.